The number of fused-ring (bicyclic) bond motifs is 2. The third-order valence-electron chi connectivity index (χ3n) is 11.4. The Bertz CT molecular complexity index is 1890. The topological polar surface area (TPSA) is 118 Å². The van der Waals surface area contributed by atoms with Crippen LogP contribution in [0.25, 0.3) is 0 Å². The minimum absolute atomic E-state index is 0.155. The monoisotopic (exact) mass is 752 g/mol. The van der Waals surface area contributed by atoms with Gasteiger partial charge in [-0.2, -0.15) is 0 Å². The first kappa shape index (κ1) is 38.5. The molecule has 0 aromatic heterocycles. The molecule has 4 aliphatic rings. The van der Waals surface area contributed by atoms with Crippen LogP contribution in [0, 0.1) is 0 Å². The molecule has 4 heterocycles. The minimum atomic E-state index is -3.64. The molecule has 54 heavy (non-hydrogen) atoms. The van der Waals surface area contributed by atoms with Crippen molar-refractivity contribution in [1.29, 1.82) is 0 Å². The fourth-order valence-electron chi connectivity index (χ4n) is 8.18. The lowest BCUT2D eigenvalue weighted by molar-refractivity contribution is 0.0288. The van der Waals surface area contributed by atoms with Gasteiger partial charge in [0.25, 0.3) is 0 Å². The van der Waals surface area contributed by atoms with Crippen LogP contribution < -0.4 is 20.7 Å². The van der Waals surface area contributed by atoms with E-state index in [1.807, 2.05) is 12.1 Å². The molecule has 0 spiro atoms. The maximum atomic E-state index is 11.4. The van der Waals surface area contributed by atoms with Crippen molar-refractivity contribution < 1.29 is 17.9 Å². The molecule has 2 unspecified atom stereocenters. The molecule has 4 aromatic carbocycles. The number of primary sulfonamides is 1. The third-order valence-corrected chi connectivity index (χ3v) is 12.3. The smallest absolute Gasteiger partial charge is 0.238 e. The molecule has 0 bridgehead atoms. The lowest BCUT2D eigenvalue weighted by Gasteiger charge is -2.37. The maximum absolute atomic E-state index is 11.4. The Kier molecular flexibility index (Phi) is 13.0. The number of piperazine rings is 2. The average Bonchev–Trinajstić information content (AvgIpc) is 3.22. The summed E-state index contributed by atoms with van der Waals surface area (Å²) in [5.74, 6) is 0. The first-order valence-electron chi connectivity index (χ1n) is 19.6. The van der Waals surface area contributed by atoms with Crippen molar-refractivity contribution in [2.24, 2.45) is 10.9 Å². The van der Waals surface area contributed by atoms with Gasteiger partial charge >= 0.3 is 0 Å². The normalized spacial score (nSPS) is 20.8. The van der Waals surface area contributed by atoms with Crippen LogP contribution in [0.1, 0.15) is 52.9 Å². The maximum Gasteiger partial charge on any atom is 0.238 e. The Morgan fingerprint density at radius 1 is 0.574 bits per heavy atom. The number of nitrogens with zero attached hydrogens (tertiary/aromatic N) is 4. The molecule has 2 atom stereocenters. The van der Waals surface area contributed by atoms with E-state index in [-0.39, 0.29) is 17.1 Å². The number of nitrogens with two attached hydrogens (primary N) is 2. The first-order valence-corrected chi connectivity index (χ1v) is 21.1. The zero-order valence-corrected chi connectivity index (χ0v) is 32.2. The number of hydrogen-bond donors (Lipinski definition) is 2. The predicted molar refractivity (Wildman–Crippen MR) is 216 cm³/mol. The number of benzene rings is 4. The van der Waals surface area contributed by atoms with Crippen LogP contribution in [-0.2, 0) is 38.9 Å². The summed E-state index contributed by atoms with van der Waals surface area (Å²) in [7, 11) is -3.64. The standard InChI is InChI=1S/C22H29N3O.C21H27N3O3S/c23-17-18-5-7-20(8-6-18)25-14-12-24(13-15-25)11-9-22-21-4-2-1-3-19(21)10-16-26-22;22-28(25,26)19-7-5-18(6-8-19)24-14-12-23(13-15-24)11-9-21-20-4-2-1-3-17(20)10-16-27-21/h1-8,22H,9-17,23H2;1-8,21H,9-16H2,(H2,22,25,26). The Morgan fingerprint density at radius 2 is 1.00 bits per heavy atom. The molecular weight excluding hydrogens is 697 g/mol. The fourth-order valence-corrected chi connectivity index (χ4v) is 8.70. The molecule has 0 amide bonds. The quantitative estimate of drug-likeness (QED) is 0.228. The molecule has 4 aromatic rings. The van der Waals surface area contributed by atoms with Crippen molar-refractivity contribution in [1.82, 2.24) is 9.80 Å². The second-order valence-corrected chi connectivity index (χ2v) is 16.3. The number of hydrogen-bond acceptors (Lipinski definition) is 9. The summed E-state index contributed by atoms with van der Waals surface area (Å²) in [6.45, 7) is 12.7. The fraction of sp³-hybridized carbons (Fsp3) is 0.442. The van der Waals surface area contributed by atoms with E-state index in [1.165, 1.54) is 33.5 Å². The zero-order valence-electron chi connectivity index (χ0n) is 31.4. The van der Waals surface area contributed by atoms with Crippen LogP contribution in [0.15, 0.2) is 102 Å². The van der Waals surface area contributed by atoms with Gasteiger partial charge in [-0.05, 0) is 89.9 Å². The highest BCUT2D eigenvalue weighted by molar-refractivity contribution is 7.89. The summed E-state index contributed by atoms with van der Waals surface area (Å²) < 4.78 is 34.9. The molecule has 0 radical (unpaired) electrons. The largest absolute Gasteiger partial charge is 0.373 e. The Hall–Kier alpha value is -3.81. The van der Waals surface area contributed by atoms with E-state index < -0.39 is 10.0 Å². The van der Waals surface area contributed by atoms with E-state index in [9.17, 15) is 8.42 Å². The SMILES string of the molecule is NCc1ccc(N2CCN(CCC3OCCc4ccccc43)CC2)cc1.NS(=O)(=O)c1ccc(N2CCN(CCC3OCCc4ccccc43)CC2)cc1. The summed E-state index contributed by atoms with van der Waals surface area (Å²) in [6, 6.07) is 32.9. The van der Waals surface area contributed by atoms with E-state index >= 15 is 0 Å². The molecule has 4 aliphatic heterocycles. The van der Waals surface area contributed by atoms with Crippen LogP contribution in [0.3, 0.4) is 0 Å². The zero-order chi connectivity index (χ0) is 37.3. The van der Waals surface area contributed by atoms with Crippen LogP contribution in [-0.4, -0.2) is 96.9 Å². The van der Waals surface area contributed by atoms with Crippen molar-refractivity contribution in [2.45, 2.75) is 49.3 Å². The van der Waals surface area contributed by atoms with E-state index in [0.717, 1.165) is 110 Å². The van der Waals surface area contributed by atoms with E-state index in [0.29, 0.717) is 6.54 Å². The van der Waals surface area contributed by atoms with Gasteiger partial charge in [-0.25, -0.2) is 13.6 Å². The molecule has 0 saturated carbocycles. The van der Waals surface area contributed by atoms with Gasteiger partial charge in [0, 0.05) is 83.4 Å². The Morgan fingerprint density at radius 3 is 1.43 bits per heavy atom. The van der Waals surface area contributed by atoms with Gasteiger partial charge in [-0.3, -0.25) is 9.80 Å². The van der Waals surface area contributed by atoms with E-state index in [1.54, 1.807) is 12.1 Å². The van der Waals surface area contributed by atoms with Crippen LogP contribution in [0.5, 0.6) is 0 Å². The van der Waals surface area contributed by atoms with Gasteiger partial charge in [0.05, 0.1) is 30.3 Å². The second kappa shape index (κ2) is 18.2. The molecule has 4 N–H and O–H groups in total. The lowest BCUT2D eigenvalue weighted by Crippen LogP contribution is -2.47. The van der Waals surface area contributed by atoms with Crippen LogP contribution in [0.4, 0.5) is 11.4 Å². The van der Waals surface area contributed by atoms with Crippen LogP contribution >= 0.6 is 0 Å². The minimum Gasteiger partial charge on any atom is -0.373 e. The highest BCUT2D eigenvalue weighted by atomic mass is 32.2. The summed E-state index contributed by atoms with van der Waals surface area (Å²) >= 11 is 0. The summed E-state index contributed by atoms with van der Waals surface area (Å²) in [5.41, 5.74) is 14.9. The molecule has 8 rings (SSSR count). The Balaban J connectivity index is 0.000000167. The van der Waals surface area contributed by atoms with Gasteiger partial charge in [0.1, 0.15) is 0 Å². The summed E-state index contributed by atoms with van der Waals surface area (Å²) in [4.78, 5) is 9.97. The number of rotatable bonds is 10. The number of ether oxygens (including phenoxy) is 2. The molecule has 2 saturated heterocycles. The Labute approximate surface area is 321 Å². The van der Waals surface area contributed by atoms with Crippen molar-refractivity contribution in [3.05, 3.63) is 125 Å². The first-order chi connectivity index (χ1) is 26.3. The molecule has 10 nitrogen and oxygen atoms in total. The average molecular weight is 753 g/mol. The molecular formula is C43H56N6O4S. The molecule has 11 heteroatoms. The van der Waals surface area contributed by atoms with Gasteiger partial charge < -0.3 is 25.0 Å². The molecule has 0 aliphatic carbocycles. The summed E-state index contributed by atoms with van der Waals surface area (Å²) in [6.07, 6.45) is 4.63. The summed E-state index contributed by atoms with van der Waals surface area (Å²) in [5, 5.41) is 5.17. The highest BCUT2D eigenvalue weighted by Gasteiger charge is 2.25. The van der Waals surface area contributed by atoms with Gasteiger partial charge in [0.2, 0.25) is 10.0 Å². The van der Waals surface area contributed by atoms with Crippen molar-refractivity contribution >= 4 is 21.4 Å². The van der Waals surface area contributed by atoms with E-state index in [4.69, 9.17) is 20.3 Å². The van der Waals surface area contributed by atoms with Crippen molar-refractivity contribution in [3.8, 4) is 0 Å². The highest BCUT2D eigenvalue weighted by Crippen LogP contribution is 2.31. The second-order valence-electron chi connectivity index (χ2n) is 14.8. The lowest BCUT2D eigenvalue weighted by atomic mass is 9.95. The van der Waals surface area contributed by atoms with Gasteiger partial charge in [0.15, 0.2) is 0 Å². The van der Waals surface area contributed by atoms with Gasteiger partial charge in [-0.1, -0.05) is 60.7 Å². The van der Waals surface area contributed by atoms with Crippen molar-refractivity contribution in [2.75, 3.05) is 88.5 Å². The third kappa shape index (κ3) is 9.89. The van der Waals surface area contributed by atoms with Crippen LogP contribution in [0.2, 0.25) is 0 Å². The predicted octanol–water partition coefficient (Wildman–Crippen LogP) is 5.13. The molecule has 2 fully saturated rings. The molecule has 288 valence electrons. The number of anilines is 2. The number of sulfonamides is 1. The van der Waals surface area contributed by atoms with Gasteiger partial charge in [-0.15, -0.1) is 0 Å². The van der Waals surface area contributed by atoms with Crippen molar-refractivity contribution in [3.63, 3.8) is 0 Å². The van der Waals surface area contributed by atoms with E-state index in [2.05, 4.69) is 92.4 Å².